The first kappa shape index (κ1) is 14.3. The number of rotatable bonds is 6. The molecule has 0 fully saturated rings. The van der Waals surface area contributed by atoms with Crippen molar-refractivity contribution in [2.45, 2.75) is 26.4 Å². The SMILES string of the molecule is CC(C)CC(O)CNC(=O)c1cc(-c2ccco2)[nH]n1. The summed E-state index contributed by atoms with van der Waals surface area (Å²) < 4.78 is 5.21. The predicted octanol–water partition coefficient (Wildman–Crippen LogP) is 1.81. The summed E-state index contributed by atoms with van der Waals surface area (Å²) in [5.41, 5.74) is 0.913. The summed E-state index contributed by atoms with van der Waals surface area (Å²) in [5.74, 6) is 0.691. The van der Waals surface area contributed by atoms with Gasteiger partial charge in [0.1, 0.15) is 5.69 Å². The fraction of sp³-hybridized carbons (Fsp3) is 0.429. The lowest BCUT2D eigenvalue weighted by atomic mass is 10.1. The first-order chi connectivity index (χ1) is 9.56. The predicted molar refractivity (Wildman–Crippen MR) is 74.1 cm³/mol. The molecular formula is C14H19N3O3. The normalized spacial score (nSPS) is 12.6. The van der Waals surface area contributed by atoms with E-state index >= 15 is 0 Å². The van der Waals surface area contributed by atoms with E-state index in [2.05, 4.69) is 15.5 Å². The average Bonchev–Trinajstić information content (AvgIpc) is 3.04. The number of furan rings is 1. The third-order valence-corrected chi connectivity index (χ3v) is 2.84. The Bertz CT molecular complexity index is 546. The number of nitrogens with zero attached hydrogens (tertiary/aromatic N) is 1. The van der Waals surface area contributed by atoms with Gasteiger partial charge in [0.15, 0.2) is 11.5 Å². The Hall–Kier alpha value is -2.08. The molecule has 3 N–H and O–H groups in total. The highest BCUT2D eigenvalue weighted by Gasteiger charge is 2.14. The molecule has 0 aliphatic carbocycles. The van der Waals surface area contributed by atoms with Crippen LogP contribution >= 0.6 is 0 Å². The molecule has 2 aromatic heterocycles. The molecular weight excluding hydrogens is 258 g/mol. The van der Waals surface area contributed by atoms with E-state index in [1.165, 1.54) is 0 Å². The standard InChI is InChI=1S/C14H19N3O3/c1-9(2)6-10(18)8-15-14(19)12-7-11(16-17-12)13-4-3-5-20-13/h3-5,7,9-10,18H,6,8H2,1-2H3,(H,15,19)(H,16,17). The van der Waals surface area contributed by atoms with Crippen LogP contribution in [0.1, 0.15) is 30.8 Å². The number of aromatic nitrogens is 2. The maximum absolute atomic E-state index is 11.9. The molecule has 0 saturated carbocycles. The van der Waals surface area contributed by atoms with E-state index in [0.29, 0.717) is 23.8 Å². The molecule has 0 saturated heterocycles. The third kappa shape index (κ3) is 3.71. The van der Waals surface area contributed by atoms with Crippen molar-refractivity contribution in [2.24, 2.45) is 5.92 Å². The number of aromatic amines is 1. The zero-order chi connectivity index (χ0) is 14.5. The Kier molecular flexibility index (Phi) is 4.57. The zero-order valence-corrected chi connectivity index (χ0v) is 11.6. The van der Waals surface area contributed by atoms with Gasteiger partial charge in [0.05, 0.1) is 12.4 Å². The second-order valence-electron chi connectivity index (χ2n) is 5.14. The third-order valence-electron chi connectivity index (χ3n) is 2.84. The molecule has 2 rings (SSSR count). The molecule has 1 atom stereocenters. The Morgan fingerprint density at radius 2 is 2.35 bits per heavy atom. The largest absolute Gasteiger partial charge is 0.463 e. The van der Waals surface area contributed by atoms with Crippen LogP contribution in [-0.4, -0.2) is 33.9 Å². The molecule has 0 bridgehead atoms. The first-order valence-corrected chi connectivity index (χ1v) is 6.62. The molecule has 1 unspecified atom stereocenters. The Morgan fingerprint density at radius 3 is 3.00 bits per heavy atom. The van der Waals surface area contributed by atoms with Crippen LogP contribution in [0, 0.1) is 5.92 Å². The fourth-order valence-electron chi connectivity index (χ4n) is 1.92. The van der Waals surface area contributed by atoms with E-state index < -0.39 is 6.10 Å². The molecule has 6 nitrogen and oxygen atoms in total. The van der Waals surface area contributed by atoms with Crippen LogP contribution in [0.15, 0.2) is 28.9 Å². The van der Waals surface area contributed by atoms with Gasteiger partial charge >= 0.3 is 0 Å². The van der Waals surface area contributed by atoms with Crippen LogP contribution in [-0.2, 0) is 0 Å². The highest BCUT2D eigenvalue weighted by Crippen LogP contribution is 2.17. The number of nitrogens with one attached hydrogen (secondary N) is 2. The van der Waals surface area contributed by atoms with Crippen molar-refractivity contribution in [3.8, 4) is 11.5 Å². The second-order valence-corrected chi connectivity index (χ2v) is 5.14. The molecule has 0 aromatic carbocycles. The second kappa shape index (κ2) is 6.38. The van der Waals surface area contributed by atoms with Gasteiger partial charge in [0.2, 0.25) is 0 Å². The van der Waals surface area contributed by atoms with Crippen LogP contribution < -0.4 is 5.32 Å². The van der Waals surface area contributed by atoms with Crippen molar-refractivity contribution >= 4 is 5.91 Å². The van der Waals surface area contributed by atoms with E-state index in [9.17, 15) is 9.90 Å². The zero-order valence-electron chi connectivity index (χ0n) is 11.6. The lowest BCUT2D eigenvalue weighted by Gasteiger charge is -2.13. The molecule has 0 aliphatic rings. The summed E-state index contributed by atoms with van der Waals surface area (Å²) in [6.45, 7) is 4.27. The minimum absolute atomic E-state index is 0.222. The smallest absolute Gasteiger partial charge is 0.271 e. The van der Waals surface area contributed by atoms with Gasteiger partial charge in [-0.3, -0.25) is 9.89 Å². The summed E-state index contributed by atoms with van der Waals surface area (Å²) in [7, 11) is 0. The maximum Gasteiger partial charge on any atom is 0.271 e. The lowest BCUT2D eigenvalue weighted by molar-refractivity contribution is 0.0895. The fourth-order valence-corrected chi connectivity index (χ4v) is 1.92. The van der Waals surface area contributed by atoms with Crippen molar-refractivity contribution in [1.82, 2.24) is 15.5 Å². The maximum atomic E-state index is 11.9. The van der Waals surface area contributed by atoms with Crippen LogP contribution in [0.5, 0.6) is 0 Å². The van der Waals surface area contributed by atoms with Gasteiger partial charge in [0.25, 0.3) is 5.91 Å². The molecule has 108 valence electrons. The number of amides is 1. The van der Waals surface area contributed by atoms with E-state index in [-0.39, 0.29) is 18.1 Å². The highest BCUT2D eigenvalue weighted by atomic mass is 16.3. The van der Waals surface area contributed by atoms with Crippen molar-refractivity contribution in [2.75, 3.05) is 6.54 Å². The number of hydrogen-bond acceptors (Lipinski definition) is 4. The summed E-state index contributed by atoms with van der Waals surface area (Å²) in [4.78, 5) is 11.9. The average molecular weight is 277 g/mol. The van der Waals surface area contributed by atoms with E-state index in [0.717, 1.165) is 0 Å². The summed E-state index contributed by atoms with van der Waals surface area (Å²) in [6, 6.07) is 5.16. The van der Waals surface area contributed by atoms with Gasteiger partial charge in [-0.25, -0.2) is 0 Å². The van der Waals surface area contributed by atoms with E-state index in [4.69, 9.17) is 4.42 Å². The summed E-state index contributed by atoms with van der Waals surface area (Å²) in [6.07, 6.45) is 1.67. The van der Waals surface area contributed by atoms with Gasteiger partial charge in [-0.15, -0.1) is 0 Å². The molecule has 0 aliphatic heterocycles. The van der Waals surface area contributed by atoms with Crippen LogP contribution in [0.2, 0.25) is 0 Å². The van der Waals surface area contributed by atoms with Gasteiger partial charge < -0.3 is 14.8 Å². The molecule has 0 radical (unpaired) electrons. The van der Waals surface area contributed by atoms with Gasteiger partial charge in [-0.1, -0.05) is 13.8 Å². The summed E-state index contributed by atoms with van der Waals surface area (Å²) >= 11 is 0. The van der Waals surface area contributed by atoms with Gasteiger partial charge in [0, 0.05) is 12.6 Å². The van der Waals surface area contributed by atoms with Crippen LogP contribution in [0.25, 0.3) is 11.5 Å². The topological polar surface area (TPSA) is 91.1 Å². The number of H-pyrrole nitrogens is 1. The number of carbonyl (C=O) groups excluding carboxylic acids is 1. The van der Waals surface area contributed by atoms with E-state index in [1.54, 1.807) is 24.5 Å². The van der Waals surface area contributed by atoms with Crippen LogP contribution in [0.4, 0.5) is 0 Å². The number of aliphatic hydroxyl groups excluding tert-OH is 1. The molecule has 2 aromatic rings. The lowest BCUT2D eigenvalue weighted by Crippen LogP contribution is -2.32. The molecule has 20 heavy (non-hydrogen) atoms. The highest BCUT2D eigenvalue weighted by molar-refractivity contribution is 5.93. The first-order valence-electron chi connectivity index (χ1n) is 6.62. The van der Waals surface area contributed by atoms with Gasteiger partial charge in [-0.05, 0) is 24.5 Å². The van der Waals surface area contributed by atoms with Crippen LogP contribution in [0.3, 0.4) is 0 Å². The summed E-state index contributed by atoms with van der Waals surface area (Å²) in [5, 5.41) is 19.0. The van der Waals surface area contributed by atoms with Crippen molar-refractivity contribution in [1.29, 1.82) is 0 Å². The quantitative estimate of drug-likeness (QED) is 0.751. The Morgan fingerprint density at radius 1 is 1.55 bits per heavy atom. The van der Waals surface area contributed by atoms with Crippen molar-refractivity contribution in [3.05, 3.63) is 30.2 Å². The van der Waals surface area contributed by atoms with E-state index in [1.807, 2.05) is 13.8 Å². The molecule has 1 amide bonds. The Balaban J connectivity index is 1.90. The number of carbonyl (C=O) groups is 1. The minimum atomic E-state index is -0.539. The van der Waals surface area contributed by atoms with Gasteiger partial charge in [-0.2, -0.15) is 5.10 Å². The van der Waals surface area contributed by atoms with Crippen molar-refractivity contribution < 1.29 is 14.3 Å². The Labute approximate surface area is 117 Å². The molecule has 2 heterocycles. The molecule has 6 heteroatoms. The number of aliphatic hydroxyl groups is 1. The van der Waals surface area contributed by atoms with Crippen molar-refractivity contribution in [3.63, 3.8) is 0 Å². The molecule has 0 spiro atoms. The monoisotopic (exact) mass is 277 g/mol. The number of hydrogen-bond donors (Lipinski definition) is 3. The minimum Gasteiger partial charge on any atom is -0.463 e.